The molecule has 7 nitrogen and oxygen atoms in total. The average Bonchev–Trinajstić information content (AvgIpc) is 2.62. The fourth-order valence-corrected chi connectivity index (χ4v) is 6.29. The van der Waals surface area contributed by atoms with Crippen LogP contribution in [0.1, 0.15) is 5.56 Å². The van der Waals surface area contributed by atoms with Gasteiger partial charge in [-0.25, -0.2) is 0 Å². The Labute approximate surface area is 140 Å². The summed E-state index contributed by atoms with van der Waals surface area (Å²) in [7, 11) is 5.20. The van der Waals surface area contributed by atoms with E-state index in [-0.39, 0.29) is 0 Å². The highest BCUT2D eigenvalue weighted by molar-refractivity contribution is 6.76. The summed E-state index contributed by atoms with van der Waals surface area (Å²) in [5.74, 6) is 0.709. The van der Waals surface area contributed by atoms with Crippen molar-refractivity contribution in [3.63, 3.8) is 0 Å². The van der Waals surface area contributed by atoms with Gasteiger partial charge in [0.25, 0.3) is 0 Å². The molecular formula is C14H26O7Si2. The lowest BCUT2D eigenvalue weighted by molar-refractivity contribution is 0.122. The summed E-state index contributed by atoms with van der Waals surface area (Å²) in [6, 6.07) is 6.06. The molecule has 0 heterocycles. The van der Waals surface area contributed by atoms with Gasteiger partial charge < -0.3 is 31.3 Å². The van der Waals surface area contributed by atoms with Crippen molar-refractivity contribution in [1.82, 2.24) is 0 Å². The quantitative estimate of drug-likeness (QED) is 0.569. The van der Waals surface area contributed by atoms with Crippen LogP contribution in [0.25, 0.3) is 0 Å². The molecule has 9 heteroatoms. The molecule has 0 saturated carbocycles. The molecule has 132 valence electrons. The Kier molecular flexibility index (Phi) is 7.84. The van der Waals surface area contributed by atoms with Gasteiger partial charge in [0.15, 0.2) is 0 Å². The summed E-state index contributed by atoms with van der Waals surface area (Å²) in [6.07, 6.45) is 0. The Morgan fingerprint density at radius 3 is 1.65 bits per heavy atom. The Morgan fingerprint density at radius 1 is 0.739 bits per heavy atom. The number of benzene rings is 1. The van der Waals surface area contributed by atoms with Crippen LogP contribution >= 0.6 is 0 Å². The first-order valence-electron chi connectivity index (χ1n) is 6.98. The van der Waals surface area contributed by atoms with Crippen LogP contribution in [-0.2, 0) is 32.6 Å². The van der Waals surface area contributed by atoms with E-state index in [0.29, 0.717) is 11.8 Å². The zero-order valence-electron chi connectivity index (χ0n) is 14.8. The molecule has 0 aromatic heterocycles. The van der Waals surface area contributed by atoms with E-state index in [1.807, 2.05) is 18.2 Å². The second kappa shape index (κ2) is 8.90. The Morgan fingerprint density at radius 2 is 1.26 bits per heavy atom. The van der Waals surface area contributed by atoms with Crippen LogP contribution in [0, 0.1) is 0 Å². The predicted octanol–water partition coefficient (Wildman–Crippen LogP) is 0.740. The standard InChI is InChI=1S/C14H26O7Si2/c1-15-13-8-9-14(23(19-5,20-6)21-7)12(10-13)11-22(16-2,17-3)18-4/h8-10H,11H2,1-7H3. The van der Waals surface area contributed by atoms with Gasteiger partial charge in [-0.2, -0.15) is 0 Å². The number of hydrogen-bond acceptors (Lipinski definition) is 7. The minimum absolute atomic E-state index is 0.438. The van der Waals surface area contributed by atoms with Crippen molar-refractivity contribution in [2.75, 3.05) is 49.8 Å². The lowest BCUT2D eigenvalue weighted by Gasteiger charge is -2.30. The molecule has 0 aliphatic carbocycles. The molecule has 0 unspecified atom stereocenters. The fraction of sp³-hybridized carbons (Fsp3) is 0.571. The first-order chi connectivity index (χ1) is 11.0. The molecule has 0 atom stereocenters. The Hall–Kier alpha value is -0.786. The lowest BCUT2D eigenvalue weighted by Crippen LogP contribution is -2.57. The maximum Gasteiger partial charge on any atom is 0.536 e. The van der Waals surface area contributed by atoms with Crippen molar-refractivity contribution in [3.05, 3.63) is 23.8 Å². The first-order valence-corrected chi connectivity index (χ1v) is 10.6. The van der Waals surface area contributed by atoms with Crippen LogP contribution in [0.4, 0.5) is 0 Å². The van der Waals surface area contributed by atoms with E-state index in [4.69, 9.17) is 31.3 Å². The summed E-state index contributed by atoms with van der Waals surface area (Å²) in [6.45, 7) is 0. The molecule has 1 aromatic rings. The van der Waals surface area contributed by atoms with Crippen LogP contribution < -0.4 is 9.92 Å². The molecule has 0 saturated heterocycles. The van der Waals surface area contributed by atoms with Gasteiger partial charge >= 0.3 is 17.6 Å². The minimum Gasteiger partial charge on any atom is -0.497 e. The van der Waals surface area contributed by atoms with Crippen LogP contribution in [-0.4, -0.2) is 67.4 Å². The smallest absolute Gasteiger partial charge is 0.497 e. The van der Waals surface area contributed by atoms with Gasteiger partial charge in [0.05, 0.1) is 7.11 Å². The largest absolute Gasteiger partial charge is 0.536 e. The van der Waals surface area contributed by atoms with E-state index in [1.165, 1.54) is 0 Å². The minimum atomic E-state index is -3.01. The molecule has 0 aliphatic heterocycles. The molecule has 1 rings (SSSR count). The molecule has 0 fully saturated rings. The van der Waals surface area contributed by atoms with Crippen molar-refractivity contribution < 1.29 is 31.3 Å². The first kappa shape index (κ1) is 20.3. The zero-order chi connectivity index (χ0) is 17.5. The van der Waals surface area contributed by atoms with E-state index >= 15 is 0 Å². The molecule has 1 aromatic carbocycles. The summed E-state index contributed by atoms with van der Waals surface area (Å²) in [4.78, 5) is 0. The normalized spacial score (nSPS) is 12.5. The topological polar surface area (TPSA) is 64.6 Å². The van der Waals surface area contributed by atoms with Gasteiger partial charge in [-0.1, -0.05) is 6.07 Å². The average molecular weight is 363 g/mol. The third-order valence-corrected chi connectivity index (χ3v) is 9.23. The molecular weight excluding hydrogens is 336 g/mol. The van der Waals surface area contributed by atoms with Gasteiger partial charge in [-0.15, -0.1) is 0 Å². The Bertz CT molecular complexity index is 473. The summed E-state index contributed by atoms with van der Waals surface area (Å²) < 4.78 is 38.7. The lowest BCUT2D eigenvalue weighted by atomic mass is 10.2. The molecule has 0 bridgehead atoms. The van der Waals surface area contributed by atoms with E-state index < -0.39 is 17.6 Å². The van der Waals surface area contributed by atoms with E-state index in [2.05, 4.69) is 0 Å². The summed E-state index contributed by atoms with van der Waals surface area (Å²) in [5, 5.41) is 0.828. The van der Waals surface area contributed by atoms with Gasteiger partial charge in [0.2, 0.25) is 0 Å². The highest BCUT2D eigenvalue weighted by Crippen LogP contribution is 2.21. The van der Waals surface area contributed by atoms with Gasteiger partial charge in [-0.3, -0.25) is 0 Å². The zero-order valence-corrected chi connectivity index (χ0v) is 16.8. The van der Waals surface area contributed by atoms with Crippen molar-refractivity contribution in [2.45, 2.75) is 6.04 Å². The molecule has 0 amide bonds. The second-order valence-electron chi connectivity index (χ2n) is 4.66. The van der Waals surface area contributed by atoms with Crippen LogP contribution in [0.15, 0.2) is 18.2 Å². The van der Waals surface area contributed by atoms with Crippen LogP contribution in [0.2, 0.25) is 0 Å². The maximum atomic E-state index is 5.60. The third kappa shape index (κ3) is 4.19. The van der Waals surface area contributed by atoms with Gasteiger partial charge in [0, 0.05) is 53.9 Å². The van der Waals surface area contributed by atoms with E-state index in [0.717, 1.165) is 10.8 Å². The second-order valence-corrected chi connectivity index (χ2v) is 10.5. The summed E-state index contributed by atoms with van der Waals surface area (Å²) >= 11 is 0. The van der Waals surface area contributed by atoms with Gasteiger partial charge in [0.1, 0.15) is 5.75 Å². The SMILES string of the molecule is COc1ccc([Si](OC)(OC)OC)c(C[Si](OC)(OC)OC)c1. The summed E-state index contributed by atoms with van der Waals surface area (Å²) in [5.41, 5.74) is 0.888. The number of rotatable bonds is 10. The number of hydrogen-bond donors (Lipinski definition) is 0. The van der Waals surface area contributed by atoms with E-state index in [1.54, 1.807) is 49.8 Å². The fourth-order valence-electron chi connectivity index (χ4n) is 2.42. The van der Waals surface area contributed by atoms with Crippen molar-refractivity contribution >= 4 is 22.8 Å². The van der Waals surface area contributed by atoms with Crippen LogP contribution in [0.3, 0.4) is 0 Å². The molecule has 0 radical (unpaired) electrons. The highest BCUT2D eigenvalue weighted by Gasteiger charge is 2.46. The highest BCUT2D eigenvalue weighted by atomic mass is 28.4. The number of ether oxygens (including phenoxy) is 1. The molecule has 0 N–H and O–H groups in total. The third-order valence-electron chi connectivity index (χ3n) is 3.79. The molecule has 23 heavy (non-hydrogen) atoms. The monoisotopic (exact) mass is 362 g/mol. The van der Waals surface area contributed by atoms with Crippen LogP contribution in [0.5, 0.6) is 5.75 Å². The predicted molar refractivity (Wildman–Crippen MR) is 89.9 cm³/mol. The number of methoxy groups -OCH3 is 1. The maximum absolute atomic E-state index is 5.60. The Balaban J connectivity index is 3.43. The molecule has 0 aliphatic rings. The van der Waals surface area contributed by atoms with Crippen molar-refractivity contribution in [2.24, 2.45) is 0 Å². The van der Waals surface area contributed by atoms with Gasteiger partial charge in [-0.05, 0) is 17.7 Å². The van der Waals surface area contributed by atoms with E-state index in [9.17, 15) is 0 Å². The molecule has 0 spiro atoms. The van der Waals surface area contributed by atoms with Crippen molar-refractivity contribution in [1.29, 1.82) is 0 Å². The van der Waals surface area contributed by atoms with Crippen molar-refractivity contribution in [3.8, 4) is 5.75 Å².